The van der Waals surface area contributed by atoms with Crippen molar-refractivity contribution in [3.05, 3.63) is 17.5 Å². The third kappa shape index (κ3) is 3.85. The molecule has 2 bridgehead atoms. The van der Waals surface area contributed by atoms with Crippen LogP contribution in [0, 0.1) is 17.8 Å². The molecule has 2 fully saturated rings. The van der Waals surface area contributed by atoms with Crippen molar-refractivity contribution in [1.82, 2.24) is 24.9 Å². The van der Waals surface area contributed by atoms with Gasteiger partial charge in [-0.05, 0) is 43.6 Å². The van der Waals surface area contributed by atoms with E-state index in [1.165, 1.54) is 6.42 Å². The van der Waals surface area contributed by atoms with Gasteiger partial charge in [-0.2, -0.15) is 5.10 Å². The van der Waals surface area contributed by atoms with Crippen LogP contribution in [-0.2, 0) is 24.4 Å². The van der Waals surface area contributed by atoms with E-state index in [4.69, 9.17) is 5.73 Å². The minimum Gasteiger partial charge on any atom is -0.350 e. The smallest absolute Gasteiger partial charge is 0.319 e. The van der Waals surface area contributed by atoms with Gasteiger partial charge in [0.2, 0.25) is 5.91 Å². The number of amides is 3. The molecule has 2 saturated carbocycles. The number of hydrogen-bond donors (Lipinski definition) is 2. The average Bonchev–Trinajstić information content (AvgIpc) is 3.30. The maximum absolute atomic E-state index is 12.6. The highest BCUT2D eigenvalue weighted by Gasteiger charge is 2.48. The fraction of sp³-hybridized carbons (Fsp3) is 0.737. The van der Waals surface area contributed by atoms with Crippen molar-refractivity contribution in [3.8, 4) is 0 Å². The van der Waals surface area contributed by atoms with E-state index in [1.54, 1.807) is 19.0 Å². The standard InChI is InChI=1S/C19H30N6O2.ClH/c1-23(2)19(27)24-6-3-7-25-15(11-24)9-14(22-25)10-21-18(26)16-12-4-5-13(8-12)17(16)20;/h9,12-13,16-17H,3-8,10-11,20H2,1-2H3,(H,21,26);1H/t12-,13+,16-,17+;/m1./s1. The molecule has 3 amide bonds. The monoisotopic (exact) mass is 410 g/mol. The Hall–Kier alpha value is -1.80. The molecule has 8 nitrogen and oxygen atoms in total. The van der Waals surface area contributed by atoms with Crippen LogP contribution >= 0.6 is 12.4 Å². The third-order valence-corrected chi connectivity index (χ3v) is 6.44. The van der Waals surface area contributed by atoms with E-state index in [9.17, 15) is 9.59 Å². The Morgan fingerprint density at radius 2 is 2.04 bits per heavy atom. The molecule has 4 rings (SSSR count). The number of carbonyl (C=O) groups excluding carboxylic acids is 2. The van der Waals surface area contributed by atoms with Crippen molar-refractivity contribution in [2.45, 2.75) is 51.4 Å². The molecule has 4 atom stereocenters. The van der Waals surface area contributed by atoms with Gasteiger partial charge in [-0.1, -0.05) is 0 Å². The van der Waals surface area contributed by atoms with Gasteiger partial charge in [0, 0.05) is 33.2 Å². The molecule has 1 aliphatic heterocycles. The molecule has 0 spiro atoms. The highest BCUT2D eigenvalue weighted by atomic mass is 35.5. The summed E-state index contributed by atoms with van der Waals surface area (Å²) in [5.41, 5.74) is 8.14. The second-order valence-electron chi connectivity index (χ2n) is 8.46. The summed E-state index contributed by atoms with van der Waals surface area (Å²) in [7, 11) is 3.54. The number of urea groups is 1. The van der Waals surface area contributed by atoms with Crippen molar-refractivity contribution >= 4 is 24.3 Å². The van der Waals surface area contributed by atoms with Crippen LogP contribution in [0.3, 0.4) is 0 Å². The molecule has 3 aliphatic rings. The molecule has 0 aromatic carbocycles. The van der Waals surface area contributed by atoms with E-state index >= 15 is 0 Å². The van der Waals surface area contributed by atoms with Crippen molar-refractivity contribution in [2.24, 2.45) is 23.5 Å². The SMILES string of the molecule is CN(C)C(=O)N1CCCn2nc(CNC(=O)[C@@H]3[C@@H]4CC[C@@H](C4)[C@@H]3N)cc2C1.Cl. The average molecular weight is 411 g/mol. The predicted molar refractivity (Wildman–Crippen MR) is 108 cm³/mol. The van der Waals surface area contributed by atoms with Gasteiger partial charge in [-0.3, -0.25) is 9.48 Å². The molecule has 28 heavy (non-hydrogen) atoms. The van der Waals surface area contributed by atoms with Crippen molar-refractivity contribution in [3.63, 3.8) is 0 Å². The number of carbonyl (C=O) groups is 2. The van der Waals surface area contributed by atoms with Crippen LogP contribution in [0.25, 0.3) is 0 Å². The number of aromatic nitrogens is 2. The van der Waals surface area contributed by atoms with Crippen LogP contribution in [0.15, 0.2) is 6.07 Å². The topological polar surface area (TPSA) is 96.5 Å². The molecular weight excluding hydrogens is 380 g/mol. The lowest BCUT2D eigenvalue weighted by molar-refractivity contribution is -0.127. The van der Waals surface area contributed by atoms with Gasteiger partial charge in [0.15, 0.2) is 0 Å². The fourth-order valence-electron chi connectivity index (χ4n) is 5.07. The van der Waals surface area contributed by atoms with Gasteiger partial charge >= 0.3 is 6.03 Å². The Morgan fingerprint density at radius 1 is 1.29 bits per heavy atom. The van der Waals surface area contributed by atoms with Crippen LogP contribution < -0.4 is 11.1 Å². The molecule has 9 heteroatoms. The Labute approximate surface area is 172 Å². The lowest BCUT2D eigenvalue weighted by atomic mass is 9.84. The number of hydrogen-bond acceptors (Lipinski definition) is 4. The van der Waals surface area contributed by atoms with Crippen LogP contribution in [0.5, 0.6) is 0 Å². The second kappa shape index (κ2) is 8.29. The minimum atomic E-state index is -0.0441. The van der Waals surface area contributed by atoms with Crippen molar-refractivity contribution in [2.75, 3.05) is 20.6 Å². The summed E-state index contributed by atoms with van der Waals surface area (Å²) in [6.07, 6.45) is 4.28. The molecule has 0 unspecified atom stereocenters. The van der Waals surface area contributed by atoms with E-state index in [0.717, 1.165) is 43.7 Å². The highest BCUT2D eigenvalue weighted by molar-refractivity contribution is 5.85. The van der Waals surface area contributed by atoms with Gasteiger partial charge in [-0.15, -0.1) is 12.4 Å². The second-order valence-corrected chi connectivity index (χ2v) is 8.46. The summed E-state index contributed by atoms with van der Waals surface area (Å²) >= 11 is 0. The zero-order chi connectivity index (χ0) is 19.1. The third-order valence-electron chi connectivity index (χ3n) is 6.44. The lowest BCUT2D eigenvalue weighted by Crippen LogP contribution is -2.45. The van der Waals surface area contributed by atoms with E-state index in [-0.39, 0.29) is 36.3 Å². The molecule has 3 N–H and O–H groups in total. The summed E-state index contributed by atoms with van der Waals surface area (Å²) in [4.78, 5) is 28.4. The maximum Gasteiger partial charge on any atom is 0.319 e. The van der Waals surface area contributed by atoms with Crippen LogP contribution in [-0.4, -0.2) is 58.2 Å². The van der Waals surface area contributed by atoms with E-state index in [1.807, 2.05) is 15.6 Å². The molecular formula is C19H31ClN6O2. The normalized spacial score (nSPS) is 28.3. The Morgan fingerprint density at radius 3 is 2.71 bits per heavy atom. The Bertz CT molecular complexity index is 734. The number of halogens is 1. The summed E-state index contributed by atoms with van der Waals surface area (Å²) in [6, 6.07) is 2.03. The van der Waals surface area contributed by atoms with Gasteiger partial charge in [-0.25, -0.2) is 4.79 Å². The molecule has 1 aromatic rings. The fourth-order valence-corrected chi connectivity index (χ4v) is 5.07. The van der Waals surface area contributed by atoms with Crippen LogP contribution in [0.4, 0.5) is 4.79 Å². The predicted octanol–water partition coefficient (Wildman–Crippen LogP) is 1.18. The Kier molecular flexibility index (Phi) is 6.19. The summed E-state index contributed by atoms with van der Waals surface area (Å²) in [5, 5.41) is 7.68. The first kappa shape index (κ1) is 20.9. The summed E-state index contributed by atoms with van der Waals surface area (Å²) in [5.74, 6) is 1.00. The van der Waals surface area contributed by atoms with E-state index in [0.29, 0.717) is 24.9 Å². The van der Waals surface area contributed by atoms with Gasteiger partial charge in [0.1, 0.15) is 0 Å². The van der Waals surface area contributed by atoms with Gasteiger partial charge < -0.3 is 20.9 Å². The number of nitrogens with zero attached hydrogens (tertiary/aromatic N) is 4. The number of fused-ring (bicyclic) bond motifs is 3. The Balaban J connectivity index is 0.00000225. The zero-order valence-electron chi connectivity index (χ0n) is 16.6. The molecule has 2 heterocycles. The van der Waals surface area contributed by atoms with Crippen molar-refractivity contribution < 1.29 is 9.59 Å². The molecule has 1 aromatic heterocycles. The first-order valence-electron chi connectivity index (χ1n) is 9.99. The van der Waals surface area contributed by atoms with E-state index < -0.39 is 0 Å². The quantitative estimate of drug-likeness (QED) is 0.782. The zero-order valence-corrected chi connectivity index (χ0v) is 17.5. The first-order valence-corrected chi connectivity index (χ1v) is 9.99. The molecule has 0 saturated heterocycles. The minimum absolute atomic E-state index is 0. The van der Waals surface area contributed by atoms with Gasteiger partial charge in [0.05, 0.1) is 30.4 Å². The molecule has 0 radical (unpaired) electrons. The summed E-state index contributed by atoms with van der Waals surface area (Å²) < 4.78 is 1.97. The number of aryl methyl sites for hydroxylation is 1. The van der Waals surface area contributed by atoms with E-state index in [2.05, 4.69) is 10.4 Å². The number of nitrogens with one attached hydrogen (secondary N) is 1. The molecule has 156 valence electrons. The lowest BCUT2D eigenvalue weighted by Gasteiger charge is -2.26. The summed E-state index contributed by atoms with van der Waals surface area (Å²) in [6.45, 7) is 2.49. The highest BCUT2D eigenvalue weighted by Crippen LogP contribution is 2.47. The van der Waals surface area contributed by atoms with Gasteiger partial charge in [0.25, 0.3) is 0 Å². The van der Waals surface area contributed by atoms with Crippen molar-refractivity contribution in [1.29, 1.82) is 0 Å². The first-order chi connectivity index (χ1) is 12.9. The maximum atomic E-state index is 12.6. The van der Waals surface area contributed by atoms with Crippen LogP contribution in [0.2, 0.25) is 0 Å². The number of rotatable bonds is 3. The number of nitrogens with two attached hydrogens (primary N) is 1. The largest absolute Gasteiger partial charge is 0.350 e. The van der Waals surface area contributed by atoms with Crippen LogP contribution in [0.1, 0.15) is 37.1 Å². The molecule has 2 aliphatic carbocycles.